The highest BCUT2D eigenvalue weighted by Crippen LogP contribution is 2.22. The van der Waals surface area contributed by atoms with Gasteiger partial charge in [0.25, 0.3) is 0 Å². The molecule has 0 aliphatic carbocycles. The van der Waals surface area contributed by atoms with Crippen LogP contribution < -0.4 is 0 Å². The molecule has 2 nitrogen and oxygen atoms in total. The maximum absolute atomic E-state index is 11.0. The van der Waals surface area contributed by atoms with Crippen molar-refractivity contribution in [2.75, 3.05) is 0 Å². The Morgan fingerprint density at radius 3 is 1.31 bits per heavy atom. The van der Waals surface area contributed by atoms with Crippen LogP contribution in [0.15, 0.2) is 24.3 Å². The van der Waals surface area contributed by atoms with Crippen LogP contribution >= 0.6 is 23.2 Å². The van der Waals surface area contributed by atoms with E-state index < -0.39 is 10.5 Å². The van der Waals surface area contributed by atoms with Crippen molar-refractivity contribution in [3.63, 3.8) is 0 Å². The van der Waals surface area contributed by atoms with Crippen molar-refractivity contribution < 1.29 is 9.59 Å². The molecule has 0 saturated carbocycles. The summed E-state index contributed by atoms with van der Waals surface area (Å²) in [7, 11) is 0. The van der Waals surface area contributed by atoms with E-state index in [1.54, 1.807) is 38.1 Å². The Bertz CT molecular complexity index is 359. The topological polar surface area (TPSA) is 34.1 Å². The first kappa shape index (κ1) is 13.2. The van der Waals surface area contributed by atoms with Crippen molar-refractivity contribution in [3.05, 3.63) is 35.4 Å². The standard InChI is InChI=1S/C12H12Cl2O2/c1-7(11(13)15)9-3-5-10(6-4-9)8(2)12(14)16/h3-8H,1-2H3. The molecule has 86 valence electrons. The monoisotopic (exact) mass is 258 g/mol. The summed E-state index contributed by atoms with van der Waals surface area (Å²) >= 11 is 10.8. The minimum Gasteiger partial charge on any atom is -0.281 e. The van der Waals surface area contributed by atoms with Crippen LogP contribution in [0.1, 0.15) is 36.8 Å². The van der Waals surface area contributed by atoms with Crippen LogP contribution in [0, 0.1) is 0 Å². The molecular formula is C12H12Cl2O2. The van der Waals surface area contributed by atoms with E-state index in [0.29, 0.717) is 0 Å². The number of hydrogen-bond donors (Lipinski definition) is 0. The number of hydrogen-bond acceptors (Lipinski definition) is 2. The summed E-state index contributed by atoms with van der Waals surface area (Å²) in [4.78, 5) is 21.9. The number of halogens is 2. The summed E-state index contributed by atoms with van der Waals surface area (Å²) in [6.45, 7) is 3.47. The van der Waals surface area contributed by atoms with Crippen LogP contribution in [-0.4, -0.2) is 10.5 Å². The van der Waals surface area contributed by atoms with E-state index in [4.69, 9.17) is 23.2 Å². The predicted molar refractivity (Wildman–Crippen MR) is 65.0 cm³/mol. The molecule has 0 spiro atoms. The summed E-state index contributed by atoms with van der Waals surface area (Å²) in [6, 6.07) is 7.15. The van der Waals surface area contributed by atoms with Gasteiger partial charge in [-0.25, -0.2) is 0 Å². The SMILES string of the molecule is CC(C(=O)Cl)c1ccc(C(C)C(=O)Cl)cc1. The lowest BCUT2D eigenvalue weighted by molar-refractivity contribution is -0.113. The first-order chi connectivity index (χ1) is 7.43. The highest BCUT2D eigenvalue weighted by atomic mass is 35.5. The lowest BCUT2D eigenvalue weighted by Gasteiger charge is -2.10. The fraction of sp³-hybridized carbons (Fsp3) is 0.333. The third kappa shape index (κ3) is 3.06. The third-order valence-corrected chi connectivity index (χ3v) is 3.27. The summed E-state index contributed by atoms with van der Waals surface area (Å²) < 4.78 is 0. The molecule has 1 aromatic rings. The minimum atomic E-state index is -0.394. The molecule has 4 heteroatoms. The van der Waals surface area contributed by atoms with Crippen LogP contribution in [0.2, 0.25) is 0 Å². The van der Waals surface area contributed by atoms with Crippen molar-refractivity contribution in [2.24, 2.45) is 0 Å². The Kier molecular flexibility index (Phi) is 4.51. The van der Waals surface area contributed by atoms with E-state index >= 15 is 0 Å². The van der Waals surface area contributed by atoms with Gasteiger partial charge in [-0.2, -0.15) is 0 Å². The smallest absolute Gasteiger partial charge is 0.228 e. The Morgan fingerprint density at radius 1 is 0.875 bits per heavy atom. The van der Waals surface area contributed by atoms with E-state index in [0.717, 1.165) is 11.1 Å². The van der Waals surface area contributed by atoms with E-state index in [-0.39, 0.29) is 11.8 Å². The molecule has 0 radical (unpaired) electrons. The van der Waals surface area contributed by atoms with Crippen molar-refractivity contribution in [1.82, 2.24) is 0 Å². The van der Waals surface area contributed by atoms with Gasteiger partial charge in [-0.3, -0.25) is 9.59 Å². The largest absolute Gasteiger partial charge is 0.281 e. The second-order valence-corrected chi connectivity index (χ2v) is 4.46. The van der Waals surface area contributed by atoms with Gasteiger partial charge in [-0.15, -0.1) is 0 Å². The molecule has 2 unspecified atom stereocenters. The molecule has 0 fully saturated rings. The van der Waals surface area contributed by atoms with Crippen molar-refractivity contribution in [3.8, 4) is 0 Å². The van der Waals surface area contributed by atoms with Crippen molar-refractivity contribution >= 4 is 33.7 Å². The van der Waals surface area contributed by atoms with Crippen LogP contribution in [0.25, 0.3) is 0 Å². The fourth-order valence-corrected chi connectivity index (χ4v) is 1.59. The number of carbonyl (C=O) groups is 2. The average Bonchev–Trinajstić information content (AvgIpc) is 2.27. The van der Waals surface area contributed by atoms with Gasteiger partial charge in [0.2, 0.25) is 10.5 Å². The molecule has 0 heterocycles. The molecule has 0 aromatic heterocycles. The first-order valence-corrected chi connectivity index (χ1v) is 5.67. The number of carbonyl (C=O) groups excluding carboxylic acids is 2. The zero-order valence-electron chi connectivity index (χ0n) is 9.04. The fourth-order valence-electron chi connectivity index (χ4n) is 1.34. The Hall–Kier alpha value is -0.860. The lowest BCUT2D eigenvalue weighted by atomic mass is 9.97. The van der Waals surface area contributed by atoms with Gasteiger partial charge >= 0.3 is 0 Å². The molecule has 1 rings (SSSR count). The Morgan fingerprint density at radius 2 is 1.12 bits per heavy atom. The molecule has 0 aliphatic rings. The Labute approximate surface area is 105 Å². The van der Waals surface area contributed by atoms with Crippen LogP contribution in [0.3, 0.4) is 0 Å². The molecule has 1 aromatic carbocycles. The third-order valence-electron chi connectivity index (χ3n) is 2.62. The molecule has 0 aliphatic heterocycles. The maximum atomic E-state index is 11.0. The van der Waals surface area contributed by atoms with E-state index in [1.165, 1.54) is 0 Å². The Balaban J connectivity index is 2.91. The average molecular weight is 259 g/mol. The van der Waals surface area contributed by atoms with Crippen LogP contribution in [0.4, 0.5) is 0 Å². The summed E-state index contributed by atoms with van der Waals surface area (Å²) in [6.07, 6.45) is 0. The van der Waals surface area contributed by atoms with Gasteiger partial charge in [0.1, 0.15) is 0 Å². The predicted octanol–water partition coefficient (Wildman–Crippen LogP) is 3.42. The van der Waals surface area contributed by atoms with E-state index in [2.05, 4.69) is 0 Å². The first-order valence-electron chi connectivity index (χ1n) is 4.92. The van der Waals surface area contributed by atoms with Gasteiger partial charge in [-0.05, 0) is 34.3 Å². The molecule has 16 heavy (non-hydrogen) atoms. The summed E-state index contributed by atoms with van der Waals surface area (Å²) in [5, 5.41) is -0.788. The highest BCUT2D eigenvalue weighted by molar-refractivity contribution is 6.65. The zero-order valence-corrected chi connectivity index (χ0v) is 10.5. The van der Waals surface area contributed by atoms with E-state index in [9.17, 15) is 9.59 Å². The molecule has 0 amide bonds. The quantitative estimate of drug-likeness (QED) is 0.776. The van der Waals surface area contributed by atoms with E-state index in [1.807, 2.05) is 0 Å². The number of benzene rings is 1. The van der Waals surface area contributed by atoms with Gasteiger partial charge in [0.15, 0.2) is 0 Å². The second-order valence-electron chi connectivity index (χ2n) is 3.72. The highest BCUT2D eigenvalue weighted by Gasteiger charge is 2.15. The van der Waals surface area contributed by atoms with Crippen molar-refractivity contribution in [1.29, 1.82) is 0 Å². The normalized spacial score (nSPS) is 14.2. The van der Waals surface area contributed by atoms with Gasteiger partial charge < -0.3 is 0 Å². The summed E-state index contributed by atoms with van der Waals surface area (Å²) in [5.74, 6) is -0.671. The molecule has 0 N–H and O–H groups in total. The molecule has 2 atom stereocenters. The van der Waals surface area contributed by atoms with Gasteiger partial charge in [-0.1, -0.05) is 38.1 Å². The van der Waals surface area contributed by atoms with Crippen molar-refractivity contribution in [2.45, 2.75) is 25.7 Å². The lowest BCUT2D eigenvalue weighted by Crippen LogP contribution is -2.04. The van der Waals surface area contributed by atoms with Gasteiger partial charge in [0, 0.05) is 0 Å². The van der Waals surface area contributed by atoms with Gasteiger partial charge in [0.05, 0.1) is 11.8 Å². The summed E-state index contributed by atoms with van der Waals surface area (Å²) in [5.41, 5.74) is 1.66. The molecule has 0 bridgehead atoms. The zero-order chi connectivity index (χ0) is 12.3. The molecule has 0 saturated heterocycles. The minimum absolute atomic E-state index is 0.335. The van der Waals surface area contributed by atoms with Crippen LogP contribution in [-0.2, 0) is 9.59 Å². The molecular weight excluding hydrogens is 247 g/mol. The number of rotatable bonds is 4. The maximum Gasteiger partial charge on any atom is 0.228 e. The second kappa shape index (κ2) is 5.46. The van der Waals surface area contributed by atoms with Crippen LogP contribution in [0.5, 0.6) is 0 Å².